The van der Waals surface area contributed by atoms with Gasteiger partial charge in [-0.1, -0.05) is 13.8 Å². The van der Waals surface area contributed by atoms with Crippen molar-refractivity contribution in [2.75, 3.05) is 31.2 Å². The average Bonchev–Trinajstić information content (AvgIpc) is 2.74. The fraction of sp³-hybridized carbons (Fsp3) is 0.667. The van der Waals surface area contributed by atoms with Crippen molar-refractivity contribution >= 4 is 27.8 Å². The molecule has 20 heavy (non-hydrogen) atoms. The summed E-state index contributed by atoms with van der Waals surface area (Å²) in [5, 5.41) is 4.34. The Morgan fingerprint density at radius 1 is 1.40 bits per heavy atom. The summed E-state index contributed by atoms with van der Waals surface area (Å²) in [5.74, 6) is 0.114. The first kappa shape index (κ1) is 17.0. The summed E-state index contributed by atoms with van der Waals surface area (Å²) >= 11 is 1.46. The van der Waals surface area contributed by atoms with Crippen LogP contribution in [0.2, 0.25) is 0 Å². The van der Waals surface area contributed by atoms with Crippen LogP contribution in [0.15, 0.2) is 6.07 Å². The highest BCUT2D eigenvalue weighted by atomic mass is 32.1. The molecule has 114 valence electrons. The third-order valence-corrected chi connectivity index (χ3v) is 4.50. The number of hydrogen-bond donors (Lipinski definition) is 2. The topological polar surface area (TPSA) is 58.4 Å². The molecule has 5 heteroatoms. The van der Waals surface area contributed by atoms with Gasteiger partial charge in [0.1, 0.15) is 0 Å². The van der Waals surface area contributed by atoms with Gasteiger partial charge in [-0.15, -0.1) is 11.3 Å². The van der Waals surface area contributed by atoms with Gasteiger partial charge in [0.2, 0.25) is 0 Å². The summed E-state index contributed by atoms with van der Waals surface area (Å²) in [6.45, 7) is 10.1. The number of nitrogen functional groups attached to an aromatic ring is 1. The average molecular weight is 297 g/mol. The summed E-state index contributed by atoms with van der Waals surface area (Å²) in [6.07, 6.45) is 1.07. The van der Waals surface area contributed by atoms with Crippen LogP contribution in [0.1, 0.15) is 43.8 Å². The van der Waals surface area contributed by atoms with Gasteiger partial charge in [-0.2, -0.15) is 0 Å². The molecule has 0 aromatic carbocycles. The first-order valence-electron chi connectivity index (χ1n) is 7.20. The second kappa shape index (κ2) is 7.64. The molecular formula is C15H27N3OS. The van der Waals surface area contributed by atoms with Crippen LogP contribution in [0.25, 0.3) is 0 Å². The summed E-state index contributed by atoms with van der Waals surface area (Å²) in [6, 6.07) is 2.44. The highest BCUT2D eigenvalue weighted by Gasteiger charge is 2.17. The van der Waals surface area contributed by atoms with Crippen LogP contribution in [0.3, 0.4) is 0 Å². The van der Waals surface area contributed by atoms with Crippen LogP contribution in [0, 0.1) is 5.92 Å². The maximum atomic E-state index is 12.0. The Morgan fingerprint density at radius 2 is 2.05 bits per heavy atom. The fourth-order valence-electron chi connectivity index (χ4n) is 1.75. The molecular weight excluding hydrogens is 270 g/mol. The van der Waals surface area contributed by atoms with Crippen molar-refractivity contribution < 1.29 is 4.79 Å². The van der Waals surface area contributed by atoms with E-state index in [9.17, 15) is 4.79 Å². The number of nitrogens with one attached hydrogen (secondary N) is 1. The normalized spacial score (nSPS) is 11.6. The minimum absolute atomic E-state index is 0.0107. The minimum Gasteiger partial charge on any atom is -0.397 e. The quantitative estimate of drug-likeness (QED) is 0.571. The molecule has 1 heterocycles. The Balaban J connectivity index is 2.46. The van der Waals surface area contributed by atoms with Crippen molar-refractivity contribution in [1.82, 2.24) is 4.90 Å². The lowest BCUT2D eigenvalue weighted by molar-refractivity contribution is 0.0944. The molecule has 0 aliphatic heterocycles. The Hall–Kier alpha value is -1.07. The van der Waals surface area contributed by atoms with Gasteiger partial charge in [0.25, 0.3) is 0 Å². The van der Waals surface area contributed by atoms with Gasteiger partial charge in [-0.3, -0.25) is 4.79 Å². The van der Waals surface area contributed by atoms with E-state index in [2.05, 4.69) is 31.1 Å². The molecule has 0 saturated carbocycles. The fourth-order valence-corrected chi connectivity index (χ4v) is 2.84. The number of anilines is 2. The van der Waals surface area contributed by atoms with Crippen molar-refractivity contribution in [3.63, 3.8) is 0 Å². The summed E-state index contributed by atoms with van der Waals surface area (Å²) < 4.78 is 0. The minimum atomic E-state index is -0.0107. The Bertz CT molecular complexity index is 440. The van der Waals surface area contributed by atoms with Crippen molar-refractivity contribution in [2.45, 2.75) is 40.2 Å². The van der Waals surface area contributed by atoms with E-state index in [1.807, 2.05) is 19.9 Å². The van der Waals surface area contributed by atoms with Gasteiger partial charge in [0.15, 0.2) is 5.78 Å². The molecule has 1 rings (SSSR count). The summed E-state index contributed by atoms with van der Waals surface area (Å²) in [4.78, 5) is 15.0. The first-order valence-corrected chi connectivity index (χ1v) is 8.02. The van der Waals surface area contributed by atoms with Crippen LogP contribution in [0.5, 0.6) is 0 Å². The van der Waals surface area contributed by atoms with Crippen molar-refractivity contribution in [3.05, 3.63) is 10.9 Å². The SMILES string of the molecule is CC(C)C(=O)c1sc(NCCCN(C)C(C)C)cc1N. The number of rotatable bonds is 8. The van der Waals surface area contributed by atoms with Gasteiger partial charge in [-0.05, 0) is 39.9 Å². The molecule has 0 spiro atoms. The Morgan fingerprint density at radius 3 is 2.60 bits per heavy atom. The van der Waals surface area contributed by atoms with Gasteiger partial charge in [-0.25, -0.2) is 0 Å². The van der Waals surface area contributed by atoms with E-state index in [0.717, 1.165) is 24.5 Å². The highest BCUT2D eigenvalue weighted by molar-refractivity contribution is 7.18. The maximum absolute atomic E-state index is 12.0. The lowest BCUT2D eigenvalue weighted by Gasteiger charge is -2.20. The van der Waals surface area contributed by atoms with E-state index < -0.39 is 0 Å². The van der Waals surface area contributed by atoms with Crippen molar-refractivity contribution in [2.24, 2.45) is 5.92 Å². The zero-order valence-electron chi connectivity index (χ0n) is 13.2. The largest absolute Gasteiger partial charge is 0.397 e. The van der Waals surface area contributed by atoms with Crippen LogP contribution in [0.4, 0.5) is 10.7 Å². The van der Waals surface area contributed by atoms with Crippen molar-refractivity contribution in [3.8, 4) is 0 Å². The van der Waals surface area contributed by atoms with Crippen LogP contribution in [-0.2, 0) is 0 Å². The van der Waals surface area contributed by atoms with E-state index in [0.29, 0.717) is 16.6 Å². The smallest absolute Gasteiger partial charge is 0.177 e. The third kappa shape index (κ3) is 4.80. The highest BCUT2D eigenvalue weighted by Crippen LogP contribution is 2.31. The number of hydrogen-bond acceptors (Lipinski definition) is 5. The van der Waals surface area contributed by atoms with Crippen molar-refractivity contribution in [1.29, 1.82) is 0 Å². The molecule has 0 saturated heterocycles. The molecule has 0 amide bonds. The molecule has 0 unspecified atom stereocenters. The third-order valence-electron chi connectivity index (χ3n) is 3.38. The van der Waals surface area contributed by atoms with E-state index in [-0.39, 0.29) is 11.7 Å². The molecule has 0 aliphatic carbocycles. The molecule has 0 aliphatic rings. The number of nitrogens with zero attached hydrogens (tertiary/aromatic N) is 1. The second-order valence-electron chi connectivity index (χ2n) is 5.77. The second-order valence-corrected chi connectivity index (χ2v) is 6.82. The predicted octanol–water partition coefficient (Wildman–Crippen LogP) is 3.31. The molecule has 0 bridgehead atoms. The Labute approximate surface area is 126 Å². The summed E-state index contributed by atoms with van der Waals surface area (Å²) in [7, 11) is 2.13. The van der Waals surface area contributed by atoms with E-state index in [4.69, 9.17) is 5.73 Å². The van der Waals surface area contributed by atoms with E-state index >= 15 is 0 Å². The maximum Gasteiger partial charge on any atom is 0.177 e. The Kier molecular flexibility index (Phi) is 6.49. The molecule has 1 aromatic rings. The van der Waals surface area contributed by atoms with Gasteiger partial charge in [0.05, 0.1) is 15.6 Å². The molecule has 4 nitrogen and oxygen atoms in total. The van der Waals surface area contributed by atoms with E-state index in [1.165, 1.54) is 11.3 Å². The number of carbonyl (C=O) groups excluding carboxylic acids is 1. The zero-order chi connectivity index (χ0) is 15.3. The van der Waals surface area contributed by atoms with Gasteiger partial charge >= 0.3 is 0 Å². The summed E-state index contributed by atoms with van der Waals surface area (Å²) in [5.41, 5.74) is 6.51. The first-order chi connectivity index (χ1) is 9.32. The zero-order valence-corrected chi connectivity index (χ0v) is 14.0. The number of ketones is 1. The van der Waals surface area contributed by atoms with Crippen LogP contribution < -0.4 is 11.1 Å². The number of carbonyl (C=O) groups is 1. The molecule has 0 fully saturated rings. The molecule has 0 radical (unpaired) electrons. The predicted molar refractivity (Wildman–Crippen MR) is 88.8 cm³/mol. The van der Waals surface area contributed by atoms with Crippen LogP contribution in [-0.4, -0.2) is 36.9 Å². The van der Waals surface area contributed by atoms with Gasteiger partial charge in [0, 0.05) is 18.5 Å². The van der Waals surface area contributed by atoms with Crippen LogP contribution >= 0.6 is 11.3 Å². The van der Waals surface area contributed by atoms with Gasteiger partial charge < -0.3 is 16.0 Å². The standard InChI is InChI=1S/C15H27N3OS/c1-10(2)14(19)15-12(16)9-13(20-15)17-7-6-8-18(5)11(3)4/h9-11,17H,6-8,16H2,1-5H3. The molecule has 1 aromatic heterocycles. The lowest BCUT2D eigenvalue weighted by atomic mass is 10.1. The molecule has 0 atom stereocenters. The number of nitrogens with two attached hydrogens (primary N) is 1. The monoisotopic (exact) mass is 297 g/mol. The lowest BCUT2D eigenvalue weighted by Crippen LogP contribution is -2.28. The molecule has 3 N–H and O–H groups in total. The number of Topliss-reactive ketones (excluding diaryl/α,β-unsaturated/α-hetero) is 1. The van der Waals surface area contributed by atoms with E-state index in [1.54, 1.807) is 0 Å². The number of thiophene rings is 1.